The van der Waals surface area contributed by atoms with Crippen LogP contribution in [-0.2, 0) is 0 Å². The number of aromatic nitrogens is 4. The minimum absolute atomic E-state index is 0.172. The Labute approximate surface area is 112 Å². The van der Waals surface area contributed by atoms with E-state index < -0.39 is 5.97 Å². The minimum Gasteiger partial charge on any atom is -0.478 e. The van der Waals surface area contributed by atoms with E-state index in [4.69, 9.17) is 5.11 Å². The number of hydrogen-bond donors (Lipinski definition) is 1. The highest BCUT2D eigenvalue weighted by atomic mass is 79.9. The number of hydrogen-bond acceptors (Lipinski definition) is 4. The molecular formula is C11H11BrN4O2. The summed E-state index contributed by atoms with van der Waals surface area (Å²) in [7, 11) is 0. The summed E-state index contributed by atoms with van der Waals surface area (Å²) in [5, 5.41) is 20.4. The van der Waals surface area contributed by atoms with Crippen LogP contribution >= 0.6 is 15.9 Å². The fraction of sp³-hybridized carbons (Fsp3) is 0.273. The summed E-state index contributed by atoms with van der Waals surface area (Å²) in [5.74, 6) is -0.0760. The standard InChI is InChI=1S/C11H11BrN4O2/c1-6(2)10-13-14-15-16(10)9-4-3-7(11(17)18)5-8(9)12/h3-6H,1-2H3,(H,17,18). The second-order valence-corrected chi connectivity index (χ2v) is 4.93. The fourth-order valence-corrected chi connectivity index (χ4v) is 2.08. The molecule has 2 rings (SSSR count). The van der Waals surface area contributed by atoms with Gasteiger partial charge in [-0.25, -0.2) is 4.79 Å². The number of rotatable bonds is 3. The molecule has 18 heavy (non-hydrogen) atoms. The second-order valence-electron chi connectivity index (χ2n) is 4.07. The molecule has 0 saturated heterocycles. The largest absolute Gasteiger partial charge is 0.478 e. The van der Waals surface area contributed by atoms with E-state index in [-0.39, 0.29) is 11.5 Å². The van der Waals surface area contributed by atoms with Crippen molar-refractivity contribution in [3.05, 3.63) is 34.1 Å². The van der Waals surface area contributed by atoms with Crippen molar-refractivity contribution >= 4 is 21.9 Å². The lowest BCUT2D eigenvalue weighted by atomic mass is 10.2. The molecule has 1 N–H and O–H groups in total. The third-order valence-electron chi connectivity index (χ3n) is 2.43. The van der Waals surface area contributed by atoms with E-state index in [0.29, 0.717) is 10.2 Å². The Morgan fingerprint density at radius 2 is 2.17 bits per heavy atom. The molecule has 0 aliphatic heterocycles. The van der Waals surface area contributed by atoms with E-state index in [0.717, 1.165) is 5.82 Å². The van der Waals surface area contributed by atoms with Gasteiger partial charge in [0.2, 0.25) is 0 Å². The van der Waals surface area contributed by atoms with Gasteiger partial charge >= 0.3 is 5.97 Å². The summed E-state index contributed by atoms with van der Waals surface area (Å²) in [6.07, 6.45) is 0. The molecule has 0 fully saturated rings. The first-order valence-electron chi connectivity index (χ1n) is 5.32. The molecule has 0 aliphatic rings. The van der Waals surface area contributed by atoms with Gasteiger partial charge in [-0.15, -0.1) is 5.10 Å². The Morgan fingerprint density at radius 1 is 1.44 bits per heavy atom. The molecule has 2 aromatic rings. The molecule has 7 heteroatoms. The Balaban J connectivity index is 2.51. The zero-order valence-electron chi connectivity index (χ0n) is 9.83. The molecule has 6 nitrogen and oxygen atoms in total. The molecule has 0 spiro atoms. The van der Waals surface area contributed by atoms with Crippen molar-refractivity contribution in [2.75, 3.05) is 0 Å². The third kappa shape index (κ3) is 2.26. The molecule has 0 saturated carbocycles. The third-order valence-corrected chi connectivity index (χ3v) is 3.07. The van der Waals surface area contributed by atoms with Crippen molar-refractivity contribution in [3.63, 3.8) is 0 Å². The normalized spacial score (nSPS) is 10.9. The lowest BCUT2D eigenvalue weighted by Crippen LogP contribution is -2.06. The van der Waals surface area contributed by atoms with Gasteiger partial charge in [0.05, 0.1) is 11.3 Å². The topological polar surface area (TPSA) is 80.9 Å². The Hall–Kier alpha value is -1.76. The zero-order chi connectivity index (χ0) is 13.3. The van der Waals surface area contributed by atoms with Gasteiger partial charge in [0, 0.05) is 10.4 Å². The molecule has 0 aliphatic carbocycles. The average molecular weight is 311 g/mol. The highest BCUT2D eigenvalue weighted by Crippen LogP contribution is 2.24. The number of halogens is 1. The quantitative estimate of drug-likeness (QED) is 0.940. The molecular weight excluding hydrogens is 300 g/mol. The van der Waals surface area contributed by atoms with Crippen LogP contribution in [0.3, 0.4) is 0 Å². The number of carboxylic acids is 1. The smallest absolute Gasteiger partial charge is 0.335 e. The van der Waals surface area contributed by atoms with Gasteiger partial charge in [-0.1, -0.05) is 13.8 Å². The average Bonchev–Trinajstić information content (AvgIpc) is 2.77. The van der Waals surface area contributed by atoms with E-state index in [1.54, 1.807) is 10.7 Å². The number of benzene rings is 1. The summed E-state index contributed by atoms with van der Waals surface area (Å²) in [6.45, 7) is 3.98. The Bertz CT molecular complexity index is 594. The van der Waals surface area contributed by atoms with Crippen LogP contribution in [0.2, 0.25) is 0 Å². The lowest BCUT2D eigenvalue weighted by Gasteiger charge is -2.09. The van der Waals surface area contributed by atoms with Crippen molar-refractivity contribution in [2.45, 2.75) is 19.8 Å². The highest BCUT2D eigenvalue weighted by Gasteiger charge is 2.15. The predicted molar refractivity (Wildman–Crippen MR) is 67.9 cm³/mol. The monoisotopic (exact) mass is 310 g/mol. The SMILES string of the molecule is CC(C)c1nnnn1-c1ccc(C(=O)O)cc1Br. The van der Waals surface area contributed by atoms with Crippen LogP contribution < -0.4 is 0 Å². The molecule has 0 bridgehead atoms. The van der Waals surface area contributed by atoms with Gasteiger partial charge < -0.3 is 5.11 Å². The Morgan fingerprint density at radius 3 is 2.72 bits per heavy atom. The summed E-state index contributed by atoms with van der Waals surface area (Å²) in [5.41, 5.74) is 0.929. The molecule has 0 amide bonds. The first-order chi connectivity index (χ1) is 8.50. The van der Waals surface area contributed by atoms with Gasteiger partial charge in [-0.2, -0.15) is 4.68 Å². The van der Waals surface area contributed by atoms with Crippen LogP contribution in [0.15, 0.2) is 22.7 Å². The molecule has 1 heterocycles. The zero-order valence-corrected chi connectivity index (χ0v) is 11.4. The summed E-state index contributed by atoms with van der Waals surface area (Å²) in [4.78, 5) is 10.9. The number of nitrogens with zero attached hydrogens (tertiary/aromatic N) is 4. The summed E-state index contributed by atoms with van der Waals surface area (Å²) in [6, 6.07) is 4.73. The first-order valence-corrected chi connectivity index (χ1v) is 6.11. The van der Waals surface area contributed by atoms with Crippen molar-refractivity contribution in [1.82, 2.24) is 20.2 Å². The van der Waals surface area contributed by atoms with Gasteiger partial charge in [-0.3, -0.25) is 0 Å². The van der Waals surface area contributed by atoms with E-state index in [2.05, 4.69) is 31.5 Å². The van der Waals surface area contributed by atoms with Gasteiger partial charge in [0.15, 0.2) is 5.82 Å². The second kappa shape index (κ2) is 4.85. The fourth-order valence-electron chi connectivity index (χ4n) is 1.54. The number of tetrazole rings is 1. The maximum atomic E-state index is 10.9. The first kappa shape index (κ1) is 12.7. The lowest BCUT2D eigenvalue weighted by molar-refractivity contribution is 0.0697. The van der Waals surface area contributed by atoms with Crippen molar-refractivity contribution in [1.29, 1.82) is 0 Å². The van der Waals surface area contributed by atoms with Gasteiger partial charge in [0.25, 0.3) is 0 Å². The van der Waals surface area contributed by atoms with Crippen LogP contribution in [-0.4, -0.2) is 31.3 Å². The van der Waals surface area contributed by atoms with E-state index in [1.807, 2.05) is 13.8 Å². The number of carbonyl (C=O) groups is 1. The van der Waals surface area contributed by atoms with Crippen LogP contribution in [0.1, 0.15) is 35.9 Å². The van der Waals surface area contributed by atoms with E-state index in [1.165, 1.54) is 12.1 Å². The molecule has 0 radical (unpaired) electrons. The highest BCUT2D eigenvalue weighted by molar-refractivity contribution is 9.10. The van der Waals surface area contributed by atoms with E-state index in [9.17, 15) is 4.79 Å². The van der Waals surface area contributed by atoms with Crippen LogP contribution in [0.5, 0.6) is 0 Å². The molecule has 1 aromatic carbocycles. The van der Waals surface area contributed by atoms with E-state index >= 15 is 0 Å². The van der Waals surface area contributed by atoms with Crippen LogP contribution in [0.4, 0.5) is 0 Å². The molecule has 1 aromatic heterocycles. The molecule has 94 valence electrons. The maximum Gasteiger partial charge on any atom is 0.335 e. The number of aromatic carboxylic acids is 1. The van der Waals surface area contributed by atoms with Crippen molar-refractivity contribution in [2.24, 2.45) is 0 Å². The molecule has 0 atom stereocenters. The summed E-state index contributed by atoms with van der Waals surface area (Å²) >= 11 is 3.34. The van der Waals surface area contributed by atoms with Gasteiger partial charge in [-0.05, 0) is 44.6 Å². The molecule has 0 unspecified atom stereocenters. The van der Waals surface area contributed by atoms with Crippen LogP contribution in [0, 0.1) is 0 Å². The van der Waals surface area contributed by atoms with Gasteiger partial charge in [0.1, 0.15) is 0 Å². The maximum absolute atomic E-state index is 10.9. The van der Waals surface area contributed by atoms with Crippen LogP contribution in [0.25, 0.3) is 5.69 Å². The minimum atomic E-state index is -0.969. The summed E-state index contributed by atoms with van der Waals surface area (Å²) < 4.78 is 2.23. The Kier molecular flexibility index (Phi) is 3.42. The van der Waals surface area contributed by atoms with Crippen molar-refractivity contribution in [3.8, 4) is 5.69 Å². The number of carboxylic acid groups (broad SMARTS) is 1. The predicted octanol–water partition coefficient (Wildman–Crippen LogP) is 2.25. The van der Waals surface area contributed by atoms with Crippen molar-refractivity contribution < 1.29 is 9.90 Å².